The Morgan fingerprint density at radius 1 is 1.47 bits per heavy atom. The van der Waals surface area contributed by atoms with Gasteiger partial charge in [0.1, 0.15) is 0 Å². The molecule has 0 unspecified atom stereocenters. The SMILES string of the molecule is Nc1cccc(C(=O)NCCn2cc(CS)nn2)c1. The molecule has 2 rings (SSSR count). The van der Waals surface area contributed by atoms with Crippen LogP contribution < -0.4 is 11.1 Å². The van der Waals surface area contributed by atoms with E-state index in [1.165, 1.54) is 0 Å². The van der Waals surface area contributed by atoms with E-state index in [9.17, 15) is 4.79 Å². The van der Waals surface area contributed by atoms with Gasteiger partial charge in [-0.1, -0.05) is 11.3 Å². The number of carbonyl (C=O) groups excluding carboxylic acids is 1. The molecule has 0 aliphatic heterocycles. The Kier molecular flexibility index (Phi) is 4.40. The van der Waals surface area contributed by atoms with Gasteiger partial charge in [-0.25, -0.2) is 0 Å². The molecule has 0 fully saturated rings. The highest BCUT2D eigenvalue weighted by Crippen LogP contribution is 2.05. The van der Waals surface area contributed by atoms with Crippen LogP contribution in [0.25, 0.3) is 0 Å². The van der Waals surface area contributed by atoms with E-state index in [1.807, 2.05) is 0 Å². The highest BCUT2D eigenvalue weighted by atomic mass is 32.1. The number of carbonyl (C=O) groups is 1. The highest BCUT2D eigenvalue weighted by molar-refractivity contribution is 7.79. The lowest BCUT2D eigenvalue weighted by Gasteiger charge is -2.05. The van der Waals surface area contributed by atoms with Crippen molar-refractivity contribution >= 4 is 24.2 Å². The molecule has 19 heavy (non-hydrogen) atoms. The van der Waals surface area contributed by atoms with Crippen LogP contribution in [-0.4, -0.2) is 27.4 Å². The van der Waals surface area contributed by atoms with E-state index in [4.69, 9.17) is 5.73 Å². The summed E-state index contributed by atoms with van der Waals surface area (Å²) < 4.78 is 1.67. The zero-order valence-corrected chi connectivity index (χ0v) is 11.2. The van der Waals surface area contributed by atoms with Gasteiger partial charge >= 0.3 is 0 Å². The van der Waals surface area contributed by atoms with Gasteiger partial charge in [-0.2, -0.15) is 12.6 Å². The smallest absolute Gasteiger partial charge is 0.251 e. The van der Waals surface area contributed by atoms with Gasteiger partial charge in [0, 0.05) is 29.7 Å². The number of nitrogens with zero attached hydrogens (tertiary/aromatic N) is 3. The van der Waals surface area contributed by atoms with Crippen LogP contribution in [0, 0.1) is 0 Å². The van der Waals surface area contributed by atoms with Crippen molar-refractivity contribution in [1.82, 2.24) is 20.3 Å². The lowest BCUT2D eigenvalue weighted by Crippen LogP contribution is -2.27. The van der Waals surface area contributed by atoms with Gasteiger partial charge in [0.05, 0.1) is 12.2 Å². The fourth-order valence-corrected chi connectivity index (χ4v) is 1.73. The first-order chi connectivity index (χ1) is 9.19. The Balaban J connectivity index is 1.84. The molecule has 0 radical (unpaired) electrons. The van der Waals surface area contributed by atoms with Crippen LogP contribution in [0.1, 0.15) is 16.1 Å². The van der Waals surface area contributed by atoms with E-state index in [2.05, 4.69) is 28.3 Å². The van der Waals surface area contributed by atoms with Crippen LogP contribution in [-0.2, 0) is 12.3 Å². The summed E-state index contributed by atoms with van der Waals surface area (Å²) in [7, 11) is 0. The predicted molar refractivity (Wildman–Crippen MR) is 75.9 cm³/mol. The van der Waals surface area contributed by atoms with Gasteiger partial charge < -0.3 is 11.1 Å². The number of benzene rings is 1. The van der Waals surface area contributed by atoms with Crippen LogP contribution in [0.2, 0.25) is 0 Å². The summed E-state index contributed by atoms with van der Waals surface area (Å²) >= 11 is 4.11. The van der Waals surface area contributed by atoms with Gasteiger partial charge in [-0.3, -0.25) is 9.48 Å². The van der Waals surface area contributed by atoms with Gasteiger partial charge in [-0.15, -0.1) is 5.10 Å². The van der Waals surface area contributed by atoms with E-state index in [1.54, 1.807) is 35.1 Å². The number of anilines is 1. The number of thiol groups is 1. The maximum Gasteiger partial charge on any atom is 0.251 e. The van der Waals surface area contributed by atoms with Crippen molar-refractivity contribution in [3.05, 3.63) is 41.7 Å². The summed E-state index contributed by atoms with van der Waals surface area (Å²) in [5.41, 5.74) is 7.56. The summed E-state index contributed by atoms with van der Waals surface area (Å²) in [6, 6.07) is 6.86. The summed E-state index contributed by atoms with van der Waals surface area (Å²) in [6.45, 7) is 1.04. The molecule has 1 amide bonds. The first-order valence-electron chi connectivity index (χ1n) is 5.82. The molecule has 0 spiro atoms. The fourth-order valence-electron chi connectivity index (χ4n) is 1.59. The summed E-state index contributed by atoms with van der Waals surface area (Å²) in [5, 5.41) is 10.6. The standard InChI is InChI=1S/C12H15N5OS/c13-10-3-1-2-9(6-10)12(18)14-4-5-17-7-11(8-19)15-16-17/h1-3,6-7,19H,4-5,8,13H2,(H,14,18). The average molecular weight is 277 g/mol. The van der Waals surface area contributed by atoms with E-state index >= 15 is 0 Å². The zero-order valence-electron chi connectivity index (χ0n) is 10.3. The third-order valence-electron chi connectivity index (χ3n) is 2.52. The molecular formula is C12H15N5OS. The second-order valence-electron chi connectivity index (χ2n) is 4.01. The second kappa shape index (κ2) is 6.24. The zero-order chi connectivity index (χ0) is 13.7. The number of nitrogens with one attached hydrogen (secondary N) is 1. The van der Waals surface area contributed by atoms with Crippen LogP contribution >= 0.6 is 12.6 Å². The van der Waals surface area contributed by atoms with Gasteiger partial charge in [-0.05, 0) is 18.2 Å². The van der Waals surface area contributed by atoms with E-state index in [-0.39, 0.29) is 5.91 Å². The number of hydrogen-bond donors (Lipinski definition) is 3. The molecular weight excluding hydrogens is 262 g/mol. The monoisotopic (exact) mass is 277 g/mol. The molecule has 0 saturated heterocycles. The molecule has 7 heteroatoms. The molecule has 1 aromatic heterocycles. The van der Waals surface area contributed by atoms with Gasteiger partial charge in [0.2, 0.25) is 0 Å². The molecule has 3 N–H and O–H groups in total. The van der Waals surface area contributed by atoms with Crippen molar-refractivity contribution in [2.75, 3.05) is 12.3 Å². The molecule has 0 aliphatic carbocycles. The Morgan fingerprint density at radius 3 is 3.00 bits per heavy atom. The third-order valence-corrected chi connectivity index (χ3v) is 2.85. The largest absolute Gasteiger partial charge is 0.399 e. The van der Waals surface area contributed by atoms with Crippen molar-refractivity contribution in [3.63, 3.8) is 0 Å². The second-order valence-corrected chi connectivity index (χ2v) is 4.33. The molecule has 0 saturated carbocycles. The van der Waals surface area contributed by atoms with Crippen molar-refractivity contribution in [2.45, 2.75) is 12.3 Å². The Labute approximate surface area is 116 Å². The summed E-state index contributed by atoms with van der Waals surface area (Å²) in [6.07, 6.45) is 1.81. The molecule has 1 heterocycles. The molecule has 0 atom stereocenters. The maximum atomic E-state index is 11.8. The quantitative estimate of drug-likeness (QED) is 0.555. The number of rotatable bonds is 5. The van der Waals surface area contributed by atoms with E-state index in [0.717, 1.165) is 5.69 Å². The summed E-state index contributed by atoms with van der Waals surface area (Å²) in [5.74, 6) is 0.400. The van der Waals surface area contributed by atoms with Crippen molar-refractivity contribution in [1.29, 1.82) is 0 Å². The molecule has 6 nitrogen and oxygen atoms in total. The molecule has 1 aromatic carbocycles. The number of nitrogen functional groups attached to an aromatic ring is 1. The van der Waals surface area contributed by atoms with Crippen molar-refractivity contribution in [2.24, 2.45) is 0 Å². The van der Waals surface area contributed by atoms with Gasteiger partial charge in [0.25, 0.3) is 5.91 Å². The normalized spacial score (nSPS) is 10.4. The van der Waals surface area contributed by atoms with Crippen molar-refractivity contribution in [3.8, 4) is 0 Å². The molecule has 0 aliphatic rings. The number of amides is 1. The third kappa shape index (κ3) is 3.72. The predicted octanol–water partition coefficient (Wildman–Crippen LogP) is 0.720. The first-order valence-corrected chi connectivity index (χ1v) is 6.46. The average Bonchev–Trinajstić information content (AvgIpc) is 2.86. The van der Waals surface area contributed by atoms with E-state index < -0.39 is 0 Å². The number of nitrogens with two attached hydrogens (primary N) is 1. The fraction of sp³-hybridized carbons (Fsp3) is 0.250. The topological polar surface area (TPSA) is 85.8 Å². The van der Waals surface area contributed by atoms with E-state index in [0.29, 0.717) is 30.1 Å². The minimum Gasteiger partial charge on any atom is -0.399 e. The van der Waals surface area contributed by atoms with Gasteiger partial charge in [0.15, 0.2) is 0 Å². The van der Waals surface area contributed by atoms with Crippen LogP contribution in [0.5, 0.6) is 0 Å². The van der Waals surface area contributed by atoms with Crippen LogP contribution in [0.15, 0.2) is 30.5 Å². The summed E-state index contributed by atoms with van der Waals surface area (Å²) in [4.78, 5) is 11.8. The maximum absolute atomic E-state index is 11.8. The molecule has 2 aromatic rings. The first kappa shape index (κ1) is 13.4. The van der Waals surface area contributed by atoms with Crippen molar-refractivity contribution < 1.29 is 4.79 Å². The Bertz CT molecular complexity index is 569. The molecule has 0 bridgehead atoms. The number of hydrogen-bond acceptors (Lipinski definition) is 5. The number of aromatic nitrogens is 3. The van der Waals surface area contributed by atoms with Crippen LogP contribution in [0.4, 0.5) is 5.69 Å². The minimum absolute atomic E-state index is 0.151. The Morgan fingerprint density at radius 2 is 2.32 bits per heavy atom. The highest BCUT2D eigenvalue weighted by Gasteiger charge is 2.05. The molecule has 100 valence electrons. The Hall–Kier alpha value is -2.02. The lowest BCUT2D eigenvalue weighted by molar-refractivity contribution is 0.0952. The minimum atomic E-state index is -0.151. The lowest BCUT2D eigenvalue weighted by atomic mass is 10.2. The van der Waals surface area contributed by atoms with Crippen LogP contribution in [0.3, 0.4) is 0 Å².